The predicted octanol–water partition coefficient (Wildman–Crippen LogP) is 1.70. The van der Waals surface area contributed by atoms with Crippen molar-refractivity contribution < 1.29 is 9.47 Å². The van der Waals surface area contributed by atoms with E-state index in [1.807, 2.05) is 13.8 Å². The Morgan fingerprint density at radius 3 is 2.33 bits per heavy atom. The van der Waals surface area contributed by atoms with Gasteiger partial charge in [-0.25, -0.2) is 0 Å². The summed E-state index contributed by atoms with van der Waals surface area (Å²) in [5.41, 5.74) is 0.908. The van der Waals surface area contributed by atoms with E-state index < -0.39 is 0 Å². The quantitative estimate of drug-likeness (QED) is 0.278. The molecule has 0 aliphatic rings. The largest absolute Gasteiger partial charge is 0.481 e. The maximum Gasteiger partial charge on any atom is 0.220 e. The van der Waals surface area contributed by atoms with E-state index in [4.69, 9.17) is 15.3 Å². The van der Waals surface area contributed by atoms with Gasteiger partial charge >= 0.3 is 0 Å². The van der Waals surface area contributed by atoms with Gasteiger partial charge in [0, 0.05) is 5.25 Å². The minimum absolute atomic E-state index is 0.108. The van der Waals surface area contributed by atoms with Crippen LogP contribution in [0.15, 0.2) is 16.3 Å². The van der Waals surface area contributed by atoms with Crippen molar-refractivity contribution in [1.82, 2.24) is 9.97 Å². The maximum atomic E-state index is 5.33. The van der Waals surface area contributed by atoms with Gasteiger partial charge in [-0.1, -0.05) is 18.7 Å². The zero-order valence-electron chi connectivity index (χ0n) is 11.0. The van der Waals surface area contributed by atoms with Crippen LogP contribution in [0.5, 0.6) is 11.8 Å². The molecule has 1 aromatic heterocycles. The number of hydrogen-bond acceptors (Lipinski definition) is 7. The molecule has 6 nitrogen and oxygen atoms in total. The van der Waals surface area contributed by atoms with E-state index in [9.17, 15) is 0 Å². The SMILES string of the molecule is CCC(=NN)C(C)Sc1nc(OC)cc(OC)n1. The van der Waals surface area contributed by atoms with Crippen molar-refractivity contribution in [3.05, 3.63) is 6.07 Å². The fraction of sp³-hybridized carbons (Fsp3) is 0.545. The lowest BCUT2D eigenvalue weighted by Gasteiger charge is -2.12. The Morgan fingerprint density at radius 2 is 1.94 bits per heavy atom. The Bertz CT molecular complexity index is 403. The standard InChI is InChI=1S/C11H18N4O2S/c1-5-8(15-12)7(2)18-11-13-9(16-3)6-10(14-11)17-4/h6-7H,5,12H2,1-4H3. The number of hydrazone groups is 1. The molecule has 2 N–H and O–H groups in total. The average Bonchev–Trinajstić information content (AvgIpc) is 2.39. The number of thioether (sulfide) groups is 1. The lowest BCUT2D eigenvalue weighted by molar-refractivity contribution is 0.364. The molecule has 0 saturated heterocycles. The van der Waals surface area contributed by atoms with Crippen LogP contribution in [0.25, 0.3) is 0 Å². The summed E-state index contributed by atoms with van der Waals surface area (Å²) in [6.07, 6.45) is 0.797. The molecule has 0 spiro atoms. The third-order valence-corrected chi connectivity index (χ3v) is 3.38. The molecule has 1 atom stereocenters. The molecule has 1 rings (SSSR count). The van der Waals surface area contributed by atoms with Gasteiger partial charge in [0.05, 0.1) is 26.0 Å². The van der Waals surface area contributed by atoms with Gasteiger partial charge in [-0.2, -0.15) is 15.1 Å². The minimum Gasteiger partial charge on any atom is -0.481 e. The highest BCUT2D eigenvalue weighted by Gasteiger charge is 2.14. The molecule has 7 heteroatoms. The Labute approximate surface area is 111 Å². The van der Waals surface area contributed by atoms with E-state index in [1.54, 1.807) is 20.3 Å². The Kier molecular flexibility index (Phi) is 5.70. The fourth-order valence-corrected chi connectivity index (χ4v) is 2.32. The monoisotopic (exact) mass is 270 g/mol. The average molecular weight is 270 g/mol. The summed E-state index contributed by atoms with van der Waals surface area (Å²) in [5, 5.41) is 4.45. The summed E-state index contributed by atoms with van der Waals surface area (Å²) in [4.78, 5) is 8.49. The molecule has 0 amide bonds. The first-order chi connectivity index (χ1) is 8.64. The van der Waals surface area contributed by atoms with Crippen molar-refractivity contribution in [2.75, 3.05) is 14.2 Å². The Balaban J connectivity index is 2.89. The van der Waals surface area contributed by atoms with Crippen LogP contribution in [0.2, 0.25) is 0 Å². The molecular formula is C11H18N4O2S. The van der Waals surface area contributed by atoms with Crippen LogP contribution in [0.4, 0.5) is 0 Å². The fourth-order valence-electron chi connectivity index (χ4n) is 1.36. The molecule has 0 aliphatic carbocycles. The second-order valence-electron chi connectivity index (χ2n) is 3.47. The highest BCUT2D eigenvalue weighted by atomic mass is 32.2. The highest BCUT2D eigenvalue weighted by molar-refractivity contribution is 8.00. The van der Waals surface area contributed by atoms with E-state index in [0.29, 0.717) is 16.9 Å². The summed E-state index contributed by atoms with van der Waals surface area (Å²) < 4.78 is 10.2. The normalized spacial score (nSPS) is 13.2. The molecule has 18 heavy (non-hydrogen) atoms. The number of hydrogen-bond donors (Lipinski definition) is 1. The van der Waals surface area contributed by atoms with Gasteiger partial charge in [-0.3, -0.25) is 0 Å². The first-order valence-corrected chi connectivity index (χ1v) is 6.42. The van der Waals surface area contributed by atoms with Crippen molar-refractivity contribution in [3.8, 4) is 11.8 Å². The van der Waals surface area contributed by atoms with Crippen LogP contribution < -0.4 is 15.3 Å². The number of nitrogens with two attached hydrogens (primary N) is 1. The lowest BCUT2D eigenvalue weighted by atomic mass is 10.2. The molecule has 0 aromatic carbocycles. The zero-order valence-corrected chi connectivity index (χ0v) is 11.8. The van der Waals surface area contributed by atoms with Crippen LogP contribution >= 0.6 is 11.8 Å². The topological polar surface area (TPSA) is 82.6 Å². The molecule has 1 aromatic rings. The molecule has 1 unspecified atom stereocenters. The molecule has 0 fully saturated rings. The first kappa shape index (κ1) is 14.6. The van der Waals surface area contributed by atoms with Crippen LogP contribution in [0.3, 0.4) is 0 Å². The second kappa shape index (κ2) is 7.05. The van der Waals surface area contributed by atoms with Crippen molar-refractivity contribution >= 4 is 17.5 Å². The molecular weight excluding hydrogens is 252 g/mol. The summed E-state index contributed by atoms with van der Waals surface area (Å²) in [7, 11) is 3.11. The van der Waals surface area contributed by atoms with Crippen molar-refractivity contribution in [1.29, 1.82) is 0 Å². The second-order valence-corrected chi connectivity index (χ2v) is 4.78. The van der Waals surface area contributed by atoms with Crippen LogP contribution in [0.1, 0.15) is 20.3 Å². The van der Waals surface area contributed by atoms with Gasteiger partial charge < -0.3 is 15.3 Å². The smallest absolute Gasteiger partial charge is 0.220 e. The predicted molar refractivity (Wildman–Crippen MR) is 72.4 cm³/mol. The first-order valence-electron chi connectivity index (χ1n) is 5.54. The lowest BCUT2D eigenvalue weighted by Crippen LogP contribution is -2.15. The van der Waals surface area contributed by atoms with Crippen molar-refractivity contribution in [2.24, 2.45) is 10.9 Å². The molecule has 100 valence electrons. The van der Waals surface area contributed by atoms with E-state index >= 15 is 0 Å². The van der Waals surface area contributed by atoms with E-state index in [0.717, 1.165) is 12.1 Å². The summed E-state index contributed by atoms with van der Waals surface area (Å²) >= 11 is 1.47. The molecule has 0 saturated carbocycles. The Hall–Kier alpha value is -1.50. The molecule has 0 radical (unpaired) electrons. The third-order valence-electron chi connectivity index (χ3n) is 2.36. The van der Waals surface area contributed by atoms with Crippen molar-refractivity contribution in [3.63, 3.8) is 0 Å². The summed E-state index contributed by atoms with van der Waals surface area (Å²) in [6.45, 7) is 4.02. The maximum absolute atomic E-state index is 5.33. The van der Waals surface area contributed by atoms with Gasteiger partial charge in [0.25, 0.3) is 0 Å². The van der Waals surface area contributed by atoms with Gasteiger partial charge in [0.2, 0.25) is 11.8 Å². The third kappa shape index (κ3) is 3.76. The van der Waals surface area contributed by atoms with E-state index in [2.05, 4.69) is 15.1 Å². The zero-order chi connectivity index (χ0) is 13.5. The molecule has 1 heterocycles. The number of rotatable bonds is 6. The van der Waals surface area contributed by atoms with Crippen molar-refractivity contribution in [2.45, 2.75) is 30.7 Å². The van der Waals surface area contributed by atoms with Gasteiger partial charge in [0.1, 0.15) is 0 Å². The number of nitrogens with zero attached hydrogens (tertiary/aromatic N) is 3. The van der Waals surface area contributed by atoms with Gasteiger partial charge in [0.15, 0.2) is 5.16 Å². The Morgan fingerprint density at radius 1 is 1.39 bits per heavy atom. The minimum atomic E-state index is 0.108. The van der Waals surface area contributed by atoms with Gasteiger partial charge in [-0.05, 0) is 13.3 Å². The molecule has 0 aliphatic heterocycles. The van der Waals surface area contributed by atoms with Crippen LogP contribution in [-0.4, -0.2) is 35.1 Å². The number of aromatic nitrogens is 2. The number of methoxy groups -OCH3 is 2. The number of ether oxygens (including phenoxy) is 2. The van der Waals surface area contributed by atoms with Crippen LogP contribution in [0, 0.1) is 0 Å². The molecule has 0 bridgehead atoms. The summed E-state index contributed by atoms with van der Waals surface area (Å²) in [5.74, 6) is 6.28. The van der Waals surface area contributed by atoms with Crippen LogP contribution in [-0.2, 0) is 0 Å². The highest BCUT2D eigenvalue weighted by Crippen LogP contribution is 2.25. The summed E-state index contributed by atoms with van der Waals surface area (Å²) in [6, 6.07) is 1.63. The van der Waals surface area contributed by atoms with E-state index in [-0.39, 0.29) is 5.25 Å². The van der Waals surface area contributed by atoms with E-state index in [1.165, 1.54) is 11.8 Å². The van der Waals surface area contributed by atoms with Gasteiger partial charge in [-0.15, -0.1) is 0 Å².